The lowest BCUT2D eigenvalue weighted by molar-refractivity contribution is -0.120. The summed E-state index contributed by atoms with van der Waals surface area (Å²) in [4.78, 5) is 23.6. The average molecular weight is 320 g/mol. The predicted octanol–water partition coefficient (Wildman–Crippen LogP) is 1.50. The summed E-state index contributed by atoms with van der Waals surface area (Å²) in [6.45, 7) is 4.97. The molecule has 0 saturated carbocycles. The third kappa shape index (κ3) is 5.90. The van der Waals surface area contributed by atoms with Gasteiger partial charge in [0.25, 0.3) is 5.91 Å². The van der Waals surface area contributed by atoms with E-state index in [4.69, 9.17) is 9.47 Å². The van der Waals surface area contributed by atoms with Crippen LogP contribution in [0.1, 0.15) is 37.0 Å². The zero-order valence-electron chi connectivity index (χ0n) is 13.6. The Labute approximate surface area is 136 Å². The van der Waals surface area contributed by atoms with Crippen molar-refractivity contribution in [1.29, 1.82) is 0 Å². The third-order valence-corrected chi connectivity index (χ3v) is 3.42. The maximum absolute atomic E-state index is 12.1. The fraction of sp³-hybridized carbons (Fsp3) is 0.529. The van der Waals surface area contributed by atoms with Crippen LogP contribution in [0.5, 0.6) is 5.75 Å². The molecule has 2 amide bonds. The number of carbonyl (C=O) groups excluding carboxylic acids is 2. The summed E-state index contributed by atoms with van der Waals surface area (Å²) < 4.78 is 11.2. The Morgan fingerprint density at radius 2 is 2.22 bits per heavy atom. The highest BCUT2D eigenvalue weighted by atomic mass is 16.5. The molecular weight excluding hydrogens is 296 g/mol. The lowest BCUT2D eigenvalue weighted by Gasteiger charge is -2.12. The van der Waals surface area contributed by atoms with E-state index in [2.05, 4.69) is 10.6 Å². The van der Waals surface area contributed by atoms with E-state index in [0.717, 1.165) is 19.4 Å². The third-order valence-electron chi connectivity index (χ3n) is 3.42. The molecule has 1 aliphatic heterocycles. The molecule has 1 unspecified atom stereocenters. The van der Waals surface area contributed by atoms with Crippen LogP contribution >= 0.6 is 0 Å². The number of hydrogen-bond donors (Lipinski definition) is 2. The van der Waals surface area contributed by atoms with Gasteiger partial charge in [0.05, 0.1) is 12.6 Å². The fourth-order valence-electron chi connectivity index (χ4n) is 2.33. The molecular formula is C17H24N2O4. The number of carbonyl (C=O) groups is 2. The summed E-state index contributed by atoms with van der Waals surface area (Å²) in [5.41, 5.74) is 0.465. The number of hydrogen-bond acceptors (Lipinski definition) is 4. The number of nitrogens with one attached hydrogen (secondary N) is 2. The fourth-order valence-corrected chi connectivity index (χ4v) is 2.33. The first-order chi connectivity index (χ1) is 11.0. The molecule has 6 heteroatoms. The number of benzene rings is 1. The van der Waals surface area contributed by atoms with Crippen LogP contribution in [-0.4, -0.2) is 43.7 Å². The quantitative estimate of drug-likeness (QED) is 0.798. The van der Waals surface area contributed by atoms with Gasteiger partial charge in [-0.2, -0.15) is 0 Å². The molecule has 0 spiro atoms. The van der Waals surface area contributed by atoms with E-state index >= 15 is 0 Å². The van der Waals surface area contributed by atoms with E-state index in [1.807, 2.05) is 13.8 Å². The number of rotatable bonds is 7. The summed E-state index contributed by atoms with van der Waals surface area (Å²) in [6, 6.07) is 6.97. The Balaban J connectivity index is 1.82. The molecule has 1 aromatic rings. The summed E-state index contributed by atoms with van der Waals surface area (Å²) in [5, 5.41) is 5.32. The van der Waals surface area contributed by atoms with Gasteiger partial charge in [-0.3, -0.25) is 9.59 Å². The van der Waals surface area contributed by atoms with Crippen molar-refractivity contribution in [2.75, 3.05) is 19.8 Å². The minimum Gasteiger partial charge on any atom is -0.491 e. The van der Waals surface area contributed by atoms with Crippen molar-refractivity contribution in [3.8, 4) is 5.75 Å². The van der Waals surface area contributed by atoms with Gasteiger partial charge >= 0.3 is 0 Å². The second-order valence-electron chi connectivity index (χ2n) is 5.88. The molecule has 0 aromatic heterocycles. The highest BCUT2D eigenvalue weighted by molar-refractivity contribution is 5.96. The Morgan fingerprint density at radius 1 is 1.39 bits per heavy atom. The molecule has 2 N–H and O–H groups in total. The Hall–Kier alpha value is -2.08. The van der Waals surface area contributed by atoms with Gasteiger partial charge in [-0.25, -0.2) is 0 Å². The van der Waals surface area contributed by atoms with E-state index in [1.165, 1.54) is 0 Å². The molecule has 1 fully saturated rings. The minimum absolute atomic E-state index is 0.0436. The largest absolute Gasteiger partial charge is 0.491 e. The van der Waals surface area contributed by atoms with Crippen molar-refractivity contribution in [3.05, 3.63) is 29.8 Å². The van der Waals surface area contributed by atoms with Crippen LogP contribution < -0.4 is 15.4 Å². The lowest BCUT2D eigenvalue weighted by atomic mass is 10.2. The van der Waals surface area contributed by atoms with E-state index in [-0.39, 0.29) is 30.5 Å². The van der Waals surface area contributed by atoms with Crippen LogP contribution in [0.4, 0.5) is 0 Å². The van der Waals surface area contributed by atoms with Crippen molar-refractivity contribution in [2.45, 2.75) is 38.8 Å². The molecule has 0 radical (unpaired) electrons. The topological polar surface area (TPSA) is 76.7 Å². The maximum Gasteiger partial charge on any atom is 0.251 e. The zero-order valence-corrected chi connectivity index (χ0v) is 13.6. The van der Waals surface area contributed by atoms with Gasteiger partial charge in [0.15, 0.2) is 0 Å². The molecule has 0 bridgehead atoms. The first-order valence-corrected chi connectivity index (χ1v) is 7.96. The summed E-state index contributed by atoms with van der Waals surface area (Å²) in [6.07, 6.45) is 2.20. The second-order valence-corrected chi connectivity index (χ2v) is 5.88. The van der Waals surface area contributed by atoms with Crippen molar-refractivity contribution in [3.63, 3.8) is 0 Å². The van der Waals surface area contributed by atoms with E-state index in [9.17, 15) is 9.59 Å². The van der Waals surface area contributed by atoms with Gasteiger partial charge in [-0.15, -0.1) is 0 Å². The van der Waals surface area contributed by atoms with Crippen molar-refractivity contribution in [1.82, 2.24) is 10.6 Å². The van der Waals surface area contributed by atoms with Crippen LogP contribution in [0.2, 0.25) is 0 Å². The molecule has 1 heterocycles. The summed E-state index contributed by atoms with van der Waals surface area (Å²) in [5.74, 6) is 0.116. The number of amides is 2. The lowest BCUT2D eigenvalue weighted by Crippen LogP contribution is -2.39. The minimum atomic E-state index is -0.300. The molecule has 1 atom stereocenters. The molecule has 23 heavy (non-hydrogen) atoms. The van der Waals surface area contributed by atoms with E-state index in [1.54, 1.807) is 24.3 Å². The molecule has 1 aromatic carbocycles. The molecule has 6 nitrogen and oxygen atoms in total. The standard InChI is InChI=1S/C17H24N2O4/c1-12(2)19-16(20)10-18-17(21)13-5-3-6-14(9-13)23-11-15-7-4-8-22-15/h3,5-6,9,12,15H,4,7-8,10-11H2,1-2H3,(H,18,21)(H,19,20). The Bertz CT molecular complexity index is 539. The van der Waals surface area contributed by atoms with Gasteiger partial charge in [0, 0.05) is 18.2 Å². The van der Waals surface area contributed by atoms with Crippen LogP contribution in [0.15, 0.2) is 24.3 Å². The van der Waals surface area contributed by atoms with Gasteiger partial charge in [-0.05, 0) is 44.9 Å². The highest BCUT2D eigenvalue weighted by Crippen LogP contribution is 2.17. The predicted molar refractivity (Wildman–Crippen MR) is 86.5 cm³/mol. The Kier molecular flexibility index (Phi) is 6.40. The van der Waals surface area contributed by atoms with Crippen LogP contribution in [-0.2, 0) is 9.53 Å². The first-order valence-electron chi connectivity index (χ1n) is 7.96. The van der Waals surface area contributed by atoms with Crippen molar-refractivity contribution >= 4 is 11.8 Å². The normalized spacial score (nSPS) is 17.1. The maximum atomic E-state index is 12.1. The average Bonchev–Trinajstić information content (AvgIpc) is 3.03. The molecule has 2 rings (SSSR count). The van der Waals surface area contributed by atoms with Crippen molar-refractivity contribution in [2.24, 2.45) is 0 Å². The first kappa shape index (κ1) is 17.3. The van der Waals surface area contributed by atoms with Crippen LogP contribution in [0.3, 0.4) is 0 Å². The molecule has 126 valence electrons. The van der Waals surface area contributed by atoms with Crippen LogP contribution in [0.25, 0.3) is 0 Å². The van der Waals surface area contributed by atoms with Crippen LogP contribution in [0, 0.1) is 0 Å². The summed E-state index contributed by atoms with van der Waals surface area (Å²) >= 11 is 0. The highest BCUT2D eigenvalue weighted by Gasteiger charge is 2.16. The van der Waals surface area contributed by atoms with Gasteiger partial charge < -0.3 is 20.1 Å². The molecule has 1 saturated heterocycles. The van der Waals surface area contributed by atoms with Gasteiger partial charge in [0.2, 0.25) is 5.91 Å². The van der Waals surface area contributed by atoms with E-state index in [0.29, 0.717) is 17.9 Å². The monoisotopic (exact) mass is 320 g/mol. The molecule has 0 aliphatic carbocycles. The second kappa shape index (κ2) is 8.53. The smallest absolute Gasteiger partial charge is 0.251 e. The van der Waals surface area contributed by atoms with Crippen molar-refractivity contribution < 1.29 is 19.1 Å². The van der Waals surface area contributed by atoms with Gasteiger partial charge in [0.1, 0.15) is 12.4 Å². The number of ether oxygens (including phenoxy) is 2. The van der Waals surface area contributed by atoms with E-state index < -0.39 is 0 Å². The SMILES string of the molecule is CC(C)NC(=O)CNC(=O)c1cccc(OCC2CCCO2)c1. The van der Waals surface area contributed by atoms with Gasteiger partial charge in [-0.1, -0.05) is 6.07 Å². The summed E-state index contributed by atoms with van der Waals surface area (Å²) in [7, 11) is 0. The molecule has 1 aliphatic rings. The zero-order chi connectivity index (χ0) is 16.7. The Morgan fingerprint density at radius 3 is 2.91 bits per heavy atom.